The summed E-state index contributed by atoms with van der Waals surface area (Å²) in [5, 5.41) is 6.54. The van der Waals surface area contributed by atoms with E-state index < -0.39 is 0 Å². The number of fused-ring (bicyclic) bond motifs is 4. The minimum atomic E-state index is 0.0856. The van der Waals surface area contributed by atoms with Crippen molar-refractivity contribution < 1.29 is 9.47 Å². The molecule has 0 radical (unpaired) electrons. The molecule has 4 aromatic carbocycles. The first kappa shape index (κ1) is 17.4. The fourth-order valence-electron chi connectivity index (χ4n) is 6.00. The maximum atomic E-state index is 6.46. The molecule has 4 aromatic rings. The van der Waals surface area contributed by atoms with Gasteiger partial charge in [0.1, 0.15) is 23.0 Å². The third-order valence-corrected chi connectivity index (χ3v) is 7.10. The van der Waals surface area contributed by atoms with E-state index in [1.165, 1.54) is 55.3 Å². The molecular weight excluding hydrogens is 382 g/mol. The minimum absolute atomic E-state index is 0.0856. The Balaban J connectivity index is 1.60. The molecule has 7 rings (SSSR count). The summed E-state index contributed by atoms with van der Waals surface area (Å²) in [6, 6.07) is 17.6. The summed E-state index contributed by atoms with van der Waals surface area (Å²) in [6.07, 6.45) is 0. The Bertz CT molecular complexity index is 1360. The molecule has 0 saturated heterocycles. The van der Waals surface area contributed by atoms with Gasteiger partial charge in [-0.2, -0.15) is 0 Å². The van der Waals surface area contributed by atoms with E-state index >= 15 is 0 Å². The van der Waals surface area contributed by atoms with Crippen LogP contribution in [0, 0.1) is 27.7 Å². The summed E-state index contributed by atoms with van der Waals surface area (Å²) in [5.74, 6) is 3.82. The van der Waals surface area contributed by atoms with Gasteiger partial charge in [-0.05, 0) is 85.0 Å². The maximum absolute atomic E-state index is 6.46. The van der Waals surface area contributed by atoms with E-state index in [4.69, 9.17) is 9.47 Å². The Morgan fingerprint density at radius 2 is 1.06 bits per heavy atom. The summed E-state index contributed by atoms with van der Waals surface area (Å²) in [6.45, 7) is 8.65. The summed E-state index contributed by atoms with van der Waals surface area (Å²) in [5.41, 5.74) is 9.96. The van der Waals surface area contributed by atoms with Crippen molar-refractivity contribution in [1.29, 1.82) is 0 Å². The summed E-state index contributed by atoms with van der Waals surface area (Å²) in [4.78, 5) is 0. The number of hydrogen-bond acceptors (Lipinski definition) is 3. The Hall–Kier alpha value is -3.30. The van der Waals surface area contributed by atoms with Gasteiger partial charge in [-0.3, -0.25) is 5.32 Å². The lowest BCUT2D eigenvalue weighted by atomic mass is 9.77. The van der Waals surface area contributed by atoms with Crippen LogP contribution in [0.4, 0.5) is 0 Å². The Kier molecular flexibility index (Phi) is 3.19. The summed E-state index contributed by atoms with van der Waals surface area (Å²) >= 11 is 0. The number of ether oxygens (including phenoxy) is 2. The number of aryl methyl sites for hydroxylation is 4. The van der Waals surface area contributed by atoms with Crippen LogP contribution in [0.1, 0.15) is 56.6 Å². The summed E-state index contributed by atoms with van der Waals surface area (Å²) in [7, 11) is 0. The van der Waals surface area contributed by atoms with Crippen molar-refractivity contribution in [3.63, 3.8) is 0 Å². The van der Waals surface area contributed by atoms with Crippen molar-refractivity contribution in [1.82, 2.24) is 5.32 Å². The quantitative estimate of drug-likeness (QED) is 0.339. The first-order valence-electron chi connectivity index (χ1n) is 10.9. The van der Waals surface area contributed by atoms with Crippen molar-refractivity contribution in [2.75, 3.05) is 0 Å². The highest BCUT2D eigenvalue weighted by molar-refractivity contribution is 5.96. The van der Waals surface area contributed by atoms with E-state index in [1.54, 1.807) is 0 Å². The molecule has 0 aromatic heterocycles. The van der Waals surface area contributed by atoms with Gasteiger partial charge < -0.3 is 9.47 Å². The lowest BCUT2D eigenvalue weighted by molar-refractivity contribution is 0.386. The Morgan fingerprint density at radius 1 is 0.581 bits per heavy atom. The number of benzene rings is 4. The van der Waals surface area contributed by atoms with Crippen LogP contribution >= 0.6 is 0 Å². The predicted octanol–water partition coefficient (Wildman–Crippen LogP) is 7.07. The number of rotatable bonds is 0. The highest BCUT2D eigenvalue weighted by Gasteiger charge is 2.42. The van der Waals surface area contributed by atoms with E-state index in [0.717, 1.165) is 23.0 Å². The fourth-order valence-corrected chi connectivity index (χ4v) is 6.00. The minimum Gasteiger partial charge on any atom is -0.457 e. The van der Waals surface area contributed by atoms with Gasteiger partial charge in [0.15, 0.2) is 0 Å². The molecule has 3 aliphatic rings. The highest BCUT2D eigenvalue weighted by atomic mass is 16.5. The predicted molar refractivity (Wildman–Crippen MR) is 123 cm³/mol. The number of hydrogen-bond donors (Lipinski definition) is 1. The zero-order chi connectivity index (χ0) is 21.0. The van der Waals surface area contributed by atoms with Gasteiger partial charge in [-0.1, -0.05) is 24.3 Å². The standard InChI is InChI=1S/C28H23NO2/c1-13-9-15(3)22-20(11-13)30-18-7-5-17-6-8-19-26-24(17)25(18)27(22)29-28(26)23-16(4)10-14(2)12-21(23)31-19/h5-12,27-29H,1-4H3. The fraction of sp³-hybridized carbons (Fsp3) is 0.214. The molecule has 0 bridgehead atoms. The molecule has 0 spiro atoms. The lowest BCUT2D eigenvalue weighted by Gasteiger charge is -2.42. The SMILES string of the molecule is Cc1cc(C)c2c(c1)Oc1ccc3ccc4c5c3c1C2NC5c1c(C)cc(C)cc1O4. The van der Waals surface area contributed by atoms with Gasteiger partial charge in [0.2, 0.25) is 0 Å². The lowest BCUT2D eigenvalue weighted by Crippen LogP contribution is -2.36. The van der Waals surface area contributed by atoms with Crippen molar-refractivity contribution >= 4 is 10.8 Å². The molecule has 2 atom stereocenters. The third-order valence-electron chi connectivity index (χ3n) is 7.10. The van der Waals surface area contributed by atoms with Crippen molar-refractivity contribution in [3.05, 3.63) is 93.0 Å². The van der Waals surface area contributed by atoms with Crippen molar-refractivity contribution in [3.8, 4) is 23.0 Å². The van der Waals surface area contributed by atoms with Crippen molar-refractivity contribution in [2.45, 2.75) is 39.8 Å². The van der Waals surface area contributed by atoms with Crippen LogP contribution < -0.4 is 14.8 Å². The molecular formula is C28H23NO2. The second-order valence-electron chi connectivity index (χ2n) is 9.28. The maximum Gasteiger partial charge on any atom is 0.133 e. The molecule has 1 N–H and O–H groups in total. The first-order valence-corrected chi connectivity index (χ1v) is 10.9. The zero-order valence-electron chi connectivity index (χ0n) is 18.1. The normalized spacial score (nSPS) is 19.4. The van der Waals surface area contributed by atoms with Gasteiger partial charge in [0.05, 0.1) is 12.1 Å². The van der Waals surface area contributed by atoms with Crippen LogP contribution in [0.2, 0.25) is 0 Å². The zero-order valence-corrected chi connectivity index (χ0v) is 18.1. The molecule has 3 heterocycles. The largest absolute Gasteiger partial charge is 0.457 e. The number of nitrogens with one attached hydrogen (secondary N) is 1. The van der Waals surface area contributed by atoms with E-state index in [9.17, 15) is 0 Å². The molecule has 0 aliphatic carbocycles. The topological polar surface area (TPSA) is 30.5 Å². The second kappa shape index (κ2) is 5.68. The molecule has 0 saturated carbocycles. The van der Waals surface area contributed by atoms with Gasteiger partial charge in [-0.15, -0.1) is 0 Å². The van der Waals surface area contributed by atoms with Crippen LogP contribution in [0.5, 0.6) is 23.0 Å². The van der Waals surface area contributed by atoms with E-state index in [1.807, 2.05) is 0 Å². The highest BCUT2D eigenvalue weighted by Crippen LogP contribution is 2.57. The van der Waals surface area contributed by atoms with Crippen LogP contribution in [0.25, 0.3) is 10.8 Å². The molecule has 3 aliphatic heterocycles. The molecule has 2 unspecified atom stereocenters. The first-order chi connectivity index (χ1) is 15.0. The molecule has 3 heteroatoms. The molecule has 0 fully saturated rings. The van der Waals surface area contributed by atoms with Gasteiger partial charge >= 0.3 is 0 Å². The van der Waals surface area contributed by atoms with E-state index in [2.05, 4.69) is 81.5 Å². The average Bonchev–Trinajstić information content (AvgIpc) is 2.71. The van der Waals surface area contributed by atoms with Crippen LogP contribution in [-0.4, -0.2) is 0 Å². The van der Waals surface area contributed by atoms with Gasteiger partial charge in [0, 0.05) is 22.3 Å². The molecule has 152 valence electrons. The smallest absolute Gasteiger partial charge is 0.133 e. The van der Waals surface area contributed by atoms with Crippen LogP contribution in [0.15, 0.2) is 48.5 Å². The Morgan fingerprint density at radius 3 is 1.55 bits per heavy atom. The Labute approximate surface area is 181 Å². The van der Waals surface area contributed by atoms with E-state index in [-0.39, 0.29) is 12.1 Å². The second-order valence-corrected chi connectivity index (χ2v) is 9.28. The van der Waals surface area contributed by atoms with E-state index in [0.29, 0.717) is 0 Å². The molecule has 3 nitrogen and oxygen atoms in total. The molecule has 0 amide bonds. The average molecular weight is 405 g/mol. The van der Waals surface area contributed by atoms with Crippen LogP contribution in [-0.2, 0) is 0 Å². The van der Waals surface area contributed by atoms with Crippen LogP contribution in [0.3, 0.4) is 0 Å². The van der Waals surface area contributed by atoms with Crippen molar-refractivity contribution in [2.24, 2.45) is 0 Å². The molecule has 31 heavy (non-hydrogen) atoms. The van der Waals surface area contributed by atoms with Gasteiger partial charge in [0.25, 0.3) is 0 Å². The van der Waals surface area contributed by atoms with Gasteiger partial charge in [-0.25, -0.2) is 0 Å². The summed E-state index contributed by atoms with van der Waals surface area (Å²) < 4.78 is 12.9. The third kappa shape index (κ3) is 2.17. The monoisotopic (exact) mass is 405 g/mol.